The highest BCUT2D eigenvalue weighted by atomic mass is 35.5. The normalized spacial score (nSPS) is 12.1. The molecule has 1 heterocycles. The number of aromatic nitrogens is 1. The van der Waals surface area contributed by atoms with Crippen LogP contribution in [-0.2, 0) is 4.74 Å². The highest BCUT2D eigenvalue weighted by Crippen LogP contribution is 2.24. The summed E-state index contributed by atoms with van der Waals surface area (Å²) in [4.78, 5) is 4.05. The maximum atomic E-state index is 6.04. The van der Waals surface area contributed by atoms with E-state index in [0.29, 0.717) is 11.8 Å². The number of methoxy groups -OCH3 is 1. The lowest BCUT2D eigenvalue weighted by molar-refractivity contribution is 0.186. The molecule has 0 fully saturated rings. The molecule has 1 aromatic carbocycles. The van der Waals surface area contributed by atoms with E-state index in [1.54, 1.807) is 13.3 Å². The van der Waals surface area contributed by atoms with Gasteiger partial charge in [-0.3, -0.25) is 0 Å². The standard InChI is InChI=1S/C14H15ClN2O/c1-18-10-13(11-6-3-2-4-7-11)17-12-8-5-9-16-14(12)15/h2-9,13,17H,10H2,1H3. The first-order valence-corrected chi connectivity index (χ1v) is 6.10. The van der Waals surface area contributed by atoms with Crippen molar-refractivity contribution in [3.8, 4) is 0 Å². The number of anilines is 1. The minimum Gasteiger partial charge on any atom is -0.382 e. The van der Waals surface area contributed by atoms with Gasteiger partial charge in [0.1, 0.15) is 0 Å². The van der Waals surface area contributed by atoms with Gasteiger partial charge in [-0.15, -0.1) is 0 Å². The van der Waals surface area contributed by atoms with Crippen LogP contribution >= 0.6 is 11.6 Å². The largest absolute Gasteiger partial charge is 0.382 e. The molecule has 1 N–H and O–H groups in total. The van der Waals surface area contributed by atoms with Gasteiger partial charge in [-0.2, -0.15) is 0 Å². The van der Waals surface area contributed by atoms with Crippen LogP contribution in [0.3, 0.4) is 0 Å². The molecule has 1 atom stereocenters. The number of benzene rings is 1. The predicted molar refractivity (Wildman–Crippen MR) is 73.9 cm³/mol. The highest BCUT2D eigenvalue weighted by molar-refractivity contribution is 6.31. The lowest BCUT2D eigenvalue weighted by Crippen LogP contribution is -2.16. The molecule has 3 nitrogen and oxygen atoms in total. The van der Waals surface area contributed by atoms with Crippen molar-refractivity contribution in [1.82, 2.24) is 4.98 Å². The summed E-state index contributed by atoms with van der Waals surface area (Å²) in [7, 11) is 1.68. The maximum absolute atomic E-state index is 6.04. The van der Waals surface area contributed by atoms with Gasteiger partial charge in [0.25, 0.3) is 0 Å². The summed E-state index contributed by atoms with van der Waals surface area (Å²) in [5.74, 6) is 0. The van der Waals surface area contributed by atoms with Gasteiger partial charge in [0.2, 0.25) is 0 Å². The van der Waals surface area contributed by atoms with Gasteiger partial charge in [0.05, 0.1) is 18.3 Å². The first kappa shape index (κ1) is 12.9. The molecule has 0 aliphatic carbocycles. The second-order valence-corrected chi connectivity index (χ2v) is 4.26. The summed E-state index contributed by atoms with van der Waals surface area (Å²) >= 11 is 6.04. The number of hydrogen-bond acceptors (Lipinski definition) is 3. The molecule has 94 valence electrons. The summed E-state index contributed by atoms with van der Waals surface area (Å²) in [6, 6.07) is 13.9. The zero-order chi connectivity index (χ0) is 12.8. The fourth-order valence-corrected chi connectivity index (χ4v) is 1.93. The number of ether oxygens (including phenoxy) is 1. The Morgan fingerprint density at radius 1 is 1.22 bits per heavy atom. The van der Waals surface area contributed by atoms with Crippen LogP contribution in [0.25, 0.3) is 0 Å². The lowest BCUT2D eigenvalue weighted by Gasteiger charge is -2.20. The van der Waals surface area contributed by atoms with E-state index in [1.165, 1.54) is 0 Å². The van der Waals surface area contributed by atoms with Crippen LogP contribution in [-0.4, -0.2) is 18.7 Å². The summed E-state index contributed by atoms with van der Waals surface area (Å²) in [5, 5.41) is 3.81. The van der Waals surface area contributed by atoms with E-state index in [-0.39, 0.29) is 6.04 Å². The molecule has 4 heteroatoms. The number of hydrogen-bond donors (Lipinski definition) is 1. The third kappa shape index (κ3) is 3.22. The Labute approximate surface area is 112 Å². The van der Waals surface area contributed by atoms with E-state index >= 15 is 0 Å². The van der Waals surface area contributed by atoms with E-state index in [9.17, 15) is 0 Å². The van der Waals surface area contributed by atoms with E-state index in [2.05, 4.69) is 22.4 Å². The lowest BCUT2D eigenvalue weighted by atomic mass is 10.1. The summed E-state index contributed by atoms with van der Waals surface area (Å²) in [5.41, 5.74) is 1.96. The quantitative estimate of drug-likeness (QED) is 0.837. The van der Waals surface area contributed by atoms with Crippen LogP contribution in [0.2, 0.25) is 5.15 Å². The monoisotopic (exact) mass is 262 g/mol. The topological polar surface area (TPSA) is 34.1 Å². The molecule has 2 rings (SSSR count). The summed E-state index contributed by atoms with van der Waals surface area (Å²) in [6.07, 6.45) is 1.67. The number of nitrogens with one attached hydrogen (secondary N) is 1. The number of nitrogens with zero attached hydrogens (tertiary/aromatic N) is 1. The van der Waals surface area contributed by atoms with Gasteiger partial charge in [0.15, 0.2) is 5.15 Å². The van der Waals surface area contributed by atoms with Gasteiger partial charge in [-0.05, 0) is 17.7 Å². The second-order valence-electron chi connectivity index (χ2n) is 3.90. The Kier molecular flexibility index (Phi) is 4.56. The second kappa shape index (κ2) is 6.38. The first-order chi connectivity index (χ1) is 8.81. The fourth-order valence-electron chi connectivity index (χ4n) is 1.75. The number of rotatable bonds is 5. The smallest absolute Gasteiger partial charge is 0.152 e. The van der Waals surface area contributed by atoms with Crippen LogP contribution in [0.5, 0.6) is 0 Å². The van der Waals surface area contributed by atoms with E-state index in [4.69, 9.17) is 16.3 Å². The van der Waals surface area contributed by atoms with Crippen molar-refractivity contribution in [1.29, 1.82) is 0 Å². The molecular weight excluding hydrogens is 248 g/mol. The Morgan fingerprint density at radius 2 is 2.00 bits per heavy atom. The number of pyridine rings is 1. The fraction of sp³-hybridized carbons (Fsp3) is 0.214. The predicted octanol–water partition coefficient (Wildman–Crippen LogP) is 3.53. The van der Waals surface area contributed by atoms with Gasteiger partial charge in [-0.25, -0.2) is 4.98 Å². The van der Waals surface area contributed by atoms with Gasteiger partial charge < -0.3 is 10.1 Å². The minimum atomic E-state index is 0.0536. The van der Waals surface area contributed by atoms with Crippen LogP contribution < -0.4 is 5.32 Å². The zero-order valence-electron chi connectivity index (χ0n) is 10.1. The van der Waals surface area contributed by atoms with Crippen molar-refractivity contribution >= 4 is 17.3 Å². The molecule has 0 saturated heterocycles. The van der Waals surface area contributed by atoms with Crippen molar-refractivity contribution in [2.45, 2.75) is 6.04 Å². The first-order valence-electron chi connectivity index (χ1n) is 5.72. The molecule has 0 spiro atoms. The van der Waals surface area contributed by atoms with Crippen LogP contribution in [0.1, 0.15) is 11.6 Å². The molecular formula is C14H15ClN2O. The van der Waals surface area contributed by atoms with Crippen molar-refractivity contribution < 1.29 is 4.74 Å². The molecule has 0 aliphatic heterocycles. The average molecular weight is 263 g/mol. The number of halogens is 1. The molecule has 0 aliphatic rings. The molecule has 0 radical (unpaired) electrons. The Balaban J connectivity index is 2.19. The zero-order valence-corrected chi connectivity index (χ0v) is 10.9. The third-order valence-corrected chi connectivity index (χ3v) is 2.93. The maximum Gasteiger partial charge on any atom is 0.152 e. The SMILES string of the molecule is COCC(Nc1cccnc1Cl)c1ccccc1. The van der Waals surface area contributed by atoms with E-state index in [1.807, 2.05) is 30.3 Å². The average Bonchev–Trinajstić information content (AvgIpc) is 2.42. The molecule has 0 bridgehead atoms. The van der Waals surface area contributed by atoms with E-state index in [0.717, 1.165) is 11.3 Å². The van der Waals surface area contributed by atoms with Crippen molar-refractivity contribution in [3.63, 3.8) is 0 Å². The van der Waals surface area contributed by atoms with Gasteiger partial charge in [0, 0.05) is 13.3 Å². The Bertz CT molecular complexity index is 490. The molecule has 18 heavy (non-hydrogen) atoms. The Hall–Kier alpha value is -1.58. The summed E-state index contributed by atoms with van der Waals surface area (Å²) in [6.45, 7) is 0.565. The third-order valence-electron chi connectivity index (χ3n) is 2.62. The highest BCUT2D eigenvalue weighted by Gasteiger charge is 2.12. The van der Waals surface area contributed by atoms with E-state index < -0.39 is 0 Å². The van der Waals surface area contributed by atoms with Crippen LogP contribution in [0.15, 0.2) is 48.7 Å². The molecule has 2 aromatic rings. The Morgan fingerprint density at radius 3 is 2.67 bits per heavy atom. The molecule has 1 unspecified atom stereocenters. The minimum absolute atomic E-state index is 0.0536. The van der Waals surface area contributed by atoms with Crippen LogP contribution in [0.4, 0.5) is 5.69 Å². The molecule has 0 saturated carbocycles. The van der Waals surface area contributed by atoms with Crippen LogP contribution in [0, 0.1) is 0 Å². The molecule has 0 amide bonds. The molecule has 1 aromatic heterocycles. The summed E-state index contributed by atoms with van der Waals surface area (Å²) < 4.78 is 5.24. The van der Waals surface area contributed by atoms with Crippen molar-refractivity contribution in [3.05, 3.63) is 59.4 Å². The van der Waals surface area contributed by atoms with Crippen molar-refractivity contribution in [2.75, 3.05) is 19.0 Å². The van der Waals surface area contributed by atoms with Crippen molar-refractivity contribution in [2.24, 2.45) is 0 Å². The van der Waals surface area contributed by atoms with Gasteiger partial charge in [-0.1, -0.05) is 41.9 Å². The van der Waals surface area contributed by atoms with Gasteiger partial charge >= 0.3 is 0 Å².